The Kier molecular flexibility index (Phi) is 7.05. The number of rotatable bonds is 9. The maximum Gasteiger partial charge on any atom is 0.317 e. The number of aromatic nitrogens is 4. The zero-order chi connectivity index (χ0) is 26.8. The van der Waals surface area contributed by atoms with Gasteiger partial charge in [-0.05, 0) is 37.6 Å². The monoisotopic (exact) mass is 520 g/mol. The average Bonchev–Trinajstić information content (AvgIpc) is 3.46. The number of hydrogen-bond acceptors (Lipinski definition) is 8. The molecule has 1 atom stereocenters. The number of nitrogens with two attached hydrogens (primary N) is 1. The van der Waals surface area contributed by atoms with Gasteiger partial charge < -0.3 is 26.0 Å². The highest BCUT2D eigenvalue weighted by Gasteiger charge is 2.21. The van der Waals surface area contributed by atoms with Gasteiger partial charge in [0, 0.05) is 67.1 Å². The molecule has 4 N–H and O–H groups in total. The molecule has 4 aromatic rings. The highest BCUT2D eigenvalue weighted by Crippen LogP contribution is 2.28. The van der Waals surface area contributed by atoms with Gasteiger partial charge in [0.1, 0.15) is 12.1 Å². The molecule has 12 heteroatoms. The summed E-state index contributed by atoms with van der Waals surface area (Å²) in [6.07, 6.45) is 4.66. The number of carbonyl (C=O) groups excluding carboxylic acids is 2. The number of ether oxygens (including phenoxy) is 1. The highest BCUT2D eigenvalue weighted by atomic mass is 19.1. The Morgan fingerprint density at radius 3 is 2.89 bits per heavy atom. The largest absolute Gasteiger partial charge is 0.462 e. The van der Waals surface area contributed by atoms with E-state index >= 15 is 0 Å². The first-order chi connectivity index (χ1) is 18.3. The topological polar surface area (TPSA) is 140 Å². The van der Waals surface area contributed by atoms with Gasteiger partial charge in [-0.15, -0.1) is 0 Å². The van der Waals surface area contributed by atoms with Crippen LogP contribution in [0.4, 0.5) is 15.8 Å². The molecule has 3 heterocycles. The molecule has 198 valence electrons. The number of hydrogen-bond donors (Lipinski definition) is 3. The summed E-state index contributed by atoms with van der Waals surface area (Å²) in [5.74, 6) is -0.894. The third-order valence-electron chi connectivity index (χ3n) is 6.29. The van der Waals surface area contributed by atoms with Crippen molar-refractivity contribution in [2.24, 2.45) is 12.8 Å². The Morgan fingerprint density at radius 2 is 2.13 bits per heavy atom. The van der Waals surface area contributed by atoms with Gasteiger partial charge in [0.2, 0.25) is 5.91 Å². The van der Waals surface area contributed by atoms with Crippen LogP contribution in [-0.4, -0.2) is 68.7 Å². The first kappa shape index (κ1) is 25.3. The average molecular weight is 521 g/mol. The predicted octanol–water partition coefficient (Wildman–Crippen LogP) is 2.67. The van der Waals surface area contributed by atoms with E-state index in [1.165, 1.54) is 10.7 Å². The van der Waals surface area contributed by atoms with E-state index in [0.717, 1.165) is 6.42 Å². The van der Waals surface area contributed by atoms with Gasteiger partial charge in [0.25, 0.3) is 5.91 Å². The van der Waals surface area contributed by atoms with Crippen molar-refractivity contribution >= 4 is 45.0 Å². The fourth-order valence-corrected chi connectivity index (χ4v) is 4.45. The Hall–Kier alpha value is -4.32. The predicted molar refractivity (Wildman–Crippen MR) is 142 cm³/mol. The number of aryl methyl sites for hydroxylation is 1. The Labute approximate surface area is 218 Å². The quantitative estimate of drug-likeness (QED) is 0.306. The van der Waals surface area contributed by atoms with Gasteiger partial charge in [0.05, 0.1) is 17.6 Å². The van der Waals surface area contributed by atoms with Gasteiger partial charge in [-0.3, -0.25) is 14.3 Å². The molecule has 2 amide bonds. The molecular weight excluding hydrogens is 491 g/mol. The number of amides is 2. The van der Waals surface area contributed by atoms with Crippen LogP contribution in [0.25, 0.3) is 21.8 Å². The maximum absolute atomic E-state index is 14.6. The van der Waals surface area contributed by atoms with Crippen molar-refractivity contribution in [1.82, 2.24) is 24.6 Å². The van der Waals surface area contributed by atoms with Gasteiger partial charge in [-0.25, -0.2) is 9.37 Å². The molecule has 38 heavy (non-hydrogen) atoms. The lowest BCUT2D eigenvalue weighted by Crippen LogP contribution is -2.29. The van der Waals surface area contributed by atoms with Crippen LogP contribution in [0.1, 0.15) is 30.1 Å². The van der Waals surface area contributed by atoms with E-state index < -0.39 is 11.7 Å². The number of likely N-dealkylation sites (tertiary alicyclic amines) is 1. The summed E-state index contributed by atoms with van der Waals surface area (Å²) >= 11 is 0. The molecule has 2 aromatic carbocycles. The molecule has 0 unspecified atom stereocenters. The van der Waals surface area contributed by atoms with Crippen molar-refractivity contribution < 1.29 is 18.7 Å². The lowest BCUT2D eigenvalue weighted by molar-refractivity contribution is -0.128. The van der Waals surface area contributed by atoms with Crippen LogP contribution in [0, 0.1) is 5.82 Å². The first-order valence-corrected chi connectivity index (χ1v) is 12.4. The molecule has 11 nitrogen and oxygen atoms in total. The van der Waals surface area contributed by atoms with Crippen molar-refractivity contribution in [3.05, 3.63) is 48.0 Å². The van der Waals surface area contributed by atoms with Crippen molar-refractivity contribution in [3.63, 3.8) is 0 Å². The number of nitrogens with one attached hydrogen (secondary N) is 2. The summed E-state index contributed by atoms with van der Waals surface area (Å²) in [4.78, 5) is 35.8. The standard InChI is InChI=1S/C26H29FN8O3/c1-15(28)12-29-21-6-5-18(25(37)31-17-10-16-14-34(2)33-23(16)20(27)11-17)24-19(21)13-30-26(32-24)38-9-8-35-7-3-4-22(35)36/h5-6,10-11,13-15,29H,3-4,7-9,12,28H2,1-2H3,(H,31,37)/t15-/m0/s1. The van der Waals surface area contributed by atoms with Crippen LogP contribution >= 0.6 is 0 Å². The summed E-state index contributed by atoms with van der Waals surface area (Å²) in [5, 5.41) is 11.3. The van der Waals surface area contributed by atoms with E-state index in [4.69, 9.17) is 10.5 Å². The molecule has 1 saturated heterocycles. The van der Waals surface area contributed by atoms with E-state index in [-0.39, 0.29) is 35.6 Å². The molecule has 0 radical (unpaired) electrons. The second-order valence-corrected chi connectivity index (χ2v) is 9.42. The molecule has 0 saturated carbocycles. The van der Waals surface area contributed by atoms with E-state index in [0.29, 0.717) is 53.7 Å². The Morgan fingerprint density at radius 1 is 1.29 bits per heavy atom. The van der Waals surface area contributed by atoms with Crippen molar-refractivity contribution in [2.45, 2.75) is 25.8 Å². The van der Waals surface area contributed by atoms with Crippen LogP contribution < -0.4 is 21.1 Å². The van der Waals surface area contributed by atoms with E-state index in [1.54, 1.807) is 42.5 Å². The van der Waals surface area contributed by atoms with Gasteiger partial charge >= 0.3 is 6.01 Å². The zero-order valence-corrected chi connectivity index (χ0v) is 21.2. The lowest BCUT2D eigenvalue weighted by atomic mass is 10.1. The summed E-state index contributed by atoms with van der Waals surface area (Å²) in [6.45, 7) is 3.76. The smallest absolute Gasteiger partial charge is 0.317 e. The molecule has 2 aromatic heterocycles. The molecule has 1 aliphatic rings. The summed E-state index contributed by atoms with van der Waals surface area (Å²) < 4.78 is 21.8. The van der Waals surface area contributed by atoms with Crippen molar-refractivity contribution in [1.29, 1.82) is 0 Å². The number of carbonyl (C=O) groups is 2. The minimum absolute atomic E-state index is 0.0883. The number of nitrogens with zero attached hydrogens (tertiary/aromatic N) is 5. The Bertz CT molecular complexity index is 1520. The number of fused-ring (bicyclic) bond motifs is 2. The lowest BCUT2D eigenvalue weighted by Gasteiger charge is -2.16. The zero-order valence-electron chi connectivity index (χ0n) is 21.2. The van der Waals surface area contributed by atoms with Crippen LogP contribution in [0.2, 0.25) is 0 Å². The van der Waals surface area contributed by atoms with Crippen LogP contribution in [0.15, 0.2) is 36.7 Å². The van der Waals surface area contributed by atoms with E-state index in [2.05, 4.69) is 25.7 Å². The molecule has 1 aliphatic heterocycles. The number of anilines is 2. The van der Waals surface area contributed by atoms with Crippen LogP contribution in [0.5, 0.6) is 6.01 Å². The number of halogens is 1. The van der Waals surface area contributed by atoms with Crippen LogP contribution in [-0.2, 0) is 11.8 Å². The molecule has 1 fully saturated rings. The van der Waals surface area contributed by atoms with E-state index in [1.807, 2.05) is 6.92 Å². The summed E-state index contributed by atoms with van der Waals surface area (Å²) in [5.41, 5.74) is 7.76. The summed E-state index contributed by atoms with van der Waals surface area (Å²) in [6, 6.07) is 6.28. The summed E-state index contributed by atoms with van der Waals surface area (Å²) in [7, 11) is 1.70. The fourth-order valence-electron chi connectivity index (χ4n) is 4.45. The maximum atomic E-state index is 14.6. The first-order valence-electron chi connectivity index (χ1n) is 12.4. The second kappa shape index (κ2) is 10.6. The van der Waals surface area contributed by atoms with Crippen molar-refractivity contribution in [2.75, 3.05) is 36.9 Å². The third-order valence-corrected chi connectivity index (χ3v) is 6.29. The second-order valence-electron chi connectivity index (χ2n) is 9.42. The molecular formula is C26H29FN8O3. The van der Waals surface area contributed by atoms with Gasteiger partial charge in [-0.1, -0.05) is 0 Å². The van der Waals surface area contributed by atoms with E-state index in [9.17, 15) is 14.0 Å². The molecule has 0 spiro atoms. The third kappa shape index (κ3) is 5.35. The van der Waals surface area contributed by atoms with Gasteiger partial charge in [-0.2, -0.15) is 10.1 Å². The highest BCUT2D eigenvalue weighted by molar-refractivity contribution is 6.14. The fraction of sp³-hybridized carbons (Fsp3) is 0.346. The van der Waals surface area contributed by atoms with Crippen LogP contribution in [0.3, 0.4) is 0 Å². The normalized spacial score (nSPS) is 14.3. The minimum Gasteiger partial charge on any atom is -0.462 e. The Balaban J connectivity index is 1.43. The SMILES string of the molecule is C[C@H](N)CNc1ccc(C(=O)Nc2cc(F)c3nn(C)cc3c2)c2nc(OCCN3CCCC3=O)ncc12. The van der Waals surface area contributed by atoms with Gasteiger partial charge in [0.15, 0.2) is 5.82 Å². The molecule has 5 rings (SSSR count). The van der Waals surface area contributed by atoms with Crippen molar-refractivity contribution in [3.8, 4) is 6.01 Å². The molecule has 0 bridgehead atoms. The molecule has 0 aliphatic carbocycles. The number of benzene rings is 2. The minimum atomic E-state index is -0.534.